The molecule has 0 aliphatic carbocycles. The third-order valence-electron chi connectivity index (χ3n) is 3.13. The van der Waals surface area contributed by atoms with Gasteiger partial charge in [0.2, 0.25) is 5.91 Å². The Morgan fingerprint density at radius 3 is 2.89 bits per heavy atom. The molecule has 6 nitrogen and oxygen atoms in total. The maximum Gasteiger partial charge on any atom is 0.246 e. The first kappa shape index (κ1) is 13.7. The van der Waals surface area contributed by atoms with Gasteiger partial charge in [0.05, 0.1) is 19.3 Å². The molecule has 2 rings (SSSR count). The zero-order chi connectivity index (χ0) is 12.6. The average Bonchev–Trinajstić information content (AvgIpc) is 2.41. The SMILES string of the molecule is O=C(COCC1CNCCO1)NC1CCOCC1. The van der Waals surface area contributed by atoms with Crippen LogP contribution < -0.4 is 10.6 Å². The fraction of sp³-hybridized carbons (Fsp3) is 0.917. The quantitative estimate of drug-likeness (QED) is 0.681. The van der Waals surface area contributed by atoms with Crippen LogP contribution in [-0.4, -0.2) is 64.2 Å². The van der Waals surface area contributed by atoms with Crippen LogP contribution in [0.2, 0.25) is 0 Å². The molecule has 0 aromatic carbocycles. The van der Waals surface area contributed by atoms with Crippen molar-refractivity contribution in [3.63, 3.8) is 0 Å². The largest absolute Gasteiger partial charge is 0.381 e. The molecule has 1 amide bonds. The number of ether oxygens (including phenoxy) is 3. The van der Waals surface area contributed by atoms with Crippen molar-refractivity contribution in [2.45, 2.75) is 25.0 Å². The Morgan fingerprint density at radius 2 is 2.17 bits per heavy atom. The van der Waals surface area contributed by atoms with Gasteiger partial charge in [-0.15, -0.1) is 0 Å². The standard InChI is InChI=1S/C12H22N2O4/c15-12(14-10-1-4-16-5-2-10)9-17-8-11-7-13-3-6-18-11/h10-11,13H,1-9H2,(H,14,15). The lowest BCUT2D eigenvalue weighted by molar-refractivity contribution is -0.128. The fourth-order valence-corrected chi connectivity index (χ4v) is 2.12. The lowest BCUT2D eigenvalue weighted by Crippen LogP contribution is -2.43. The van der Waals surface area contributed by atoms with E-state index in [9.17, 15) is 4.79 Å². The molecular formula is C12H22N2O4. The molecule has 0 saturated carbocycles. The predicted molar refractivity (Wildman–Crippen MR) is 65.4 cm³/mol. The minimum absolute atomic E-state index is 0.0503. The summed E-state index contributed by atoms with van der Waals surface area (Å²) in [5.74, 6) is -0.0503. The molecule has 2 saturated heterocycles. The molecule has 1 unspecified atom stereocenters. The molecule has 2 aliphatic rings. The lowest BCUT2D eigenvalue weighted by Gasteiger charge is -2.24. The number of morpholine rings is 1. The third kappa shape index (κ3) is 4.89. The van der Waals surface area contributed by atoms with E-state index in [1.165, 1.54) is 0 Å². The van der Waals surface area contributed by atoms with Crippen molar-refractivity contribution >= 4 is 5.91 Å². The van der Waals surface area contributed by atoms with Gasteiger partial charge >= 0.3 is 0 Å². The summed E-state index contributed by atoms with van der Waals surface area (Å²) in [5.41, 5.74) is 0. The molecule has 0 aromatic heterocycles. The summed E-state index contributed by atoms with van der Waals surface area (Å²) in [5, 5.41) is 6.18. The Labute approximate surface area is 107 Å². The summed E-state index contributed by atoms with van der Waals surface area (Å²) in [6.45, 7) is 4.43. The zero-order valence-corrected chi connectivity index (χ0v) is 10.7. The molecule has 2 aliphatic heterocycles. The van der Waals surface area contributed by atoms with Crippen LogP contribution >= 0.6 is 0 Å². The maximum atomic E-state index is 11.6. The molecule has 0 radical (unpaired) electrons. The molecule has 1 atom stereocenters. The van der Waals surface area contributed by atoms with E-state index in [2.05, 4.69) is 10.6 Å². The van der Waals surface area contributed by atoms with Crippen LogP contribution in [0, 0.1) is 0 Å². The monoisotopic (exact) mass is 258 g/mol. The number of rotatable bonds is 5. The first-order valence-electron chi connectivity index (χ1n) is 6.62. The van der Waals surface area contributed by atoms with E-state index in [1.54, 1.807) is 0 Å². The fourth-order valence-electron chi connectivity index (χ4n) is 2.12. The minimum atomic E-state index is -0.0503. The average molecular weight is 258 g/mol. The molecule has 104 valence electrons. The van der Waals surface area contributed by atoms with Gasteiger partial charge in [-0.3, -0.25) is 4.79 Å². The molecule has 0 bridgehead atoms. The Bertz CT molecular complexity index is 250. The van der Waals surface area contributed by atoms with Crippen molar-refractivity contribution in [3.8, 4) is 0 Å². The summed E-state index contributed by atoms with van der Waals surface area (Å²) >= 11 is 0. The Kier molecular flexibility index (Phi) is 5.86. The summed E-state index contributed by atoms with van der Waals surface area (Å²) in [7, 11) is 0. The first-order chi connectivity index (χ1) is 8.84. The van der Waals surface area contributed by atoms with Gasteiger partial charge in [-0.2, -0.15) is 0 Å². The molecule has 2 N–H and O–H groups in total. The van der Waals surface area contributed by atoms with E-state index >= 15 is 0 Å². The second-order valence-electron chi connectivity index (χ2n) is 4.67. The van der Waals surface area contributed by atoms with E-state index in [0.717, 1.165) is 39.1 Å². The van der Waals surface area contributed by atoms with Gasteiger partial charge in [0.25, 0.3) is 0 Å². The number of amides is 1. The third-order valence-corrected chi connectivity index (χ3v) is 3.13. The van der Waals surface area contributed by atoms with Crippen molar-refractivity contribution in [3.05, 3.63) is 0 Å². The highest BCUT2D eigenvalue weighted by Gasteiger charge is 2.17. The molecule has 0 spiro atoms. The minimum Gasteiger partial charge on any atom is -0.381 e. The molecule has 2 heterocycles. The van der Waals surface area contributed by atoms with Gasteiger partial charge in [0, 0.05) is 32.3 Å². The van der Waals surface area contributed by atoms with Crippen molar-refractivity contribution < 1.29 is 19.0 Å². The second-order valence-corrected chi connectivity index (χ2v) is 4.67. The molecule has 6 heteroatoms. The van der Waals surface area contributed by atoms with Gasteiger partial charge in [0.15, 0.2) is 0 Å². The lowest BCUT2D eigenvalue weighted by atomic mass is 10.1. The highest BCUT2D eigenvalue weighted by molar-refractivity contribution is 5.77. The summed E-state index contributed by atoms with van der Waals surface area (Å²) in [6, 6.07) is 0.238. The molecule has 0 aromatic rings. The van der Waals surface area contributed by atoms with Crippen LogP contribution in [0.25, 0.3) is 0 Å². The van der Waals surface area contributed by atoms with E-state index < -0.39 is 0 Å². The number of carbonyl (C=O) groups excluding carboxylic acids is 1. The Balaban J connectivity index is 1.53. The second kappa shape index (κ2) is 7.68. The van der Waals surface area contributed by atoms with Crippen molar-refractivity contribution in [2.24, 2.45) is 0 Å². The predicted octanol–water partition coefficient (Wildman–Crippen LogP) is -0.713. The summed E-state index contributed by atoms with van der Waals surface area (Å²) in [6.07, 6.45) is 1.85. The van der Waals surface area contributed by atoms with Gasteiger partial charge in [-0.05, 0) is 12.8 Å². The summed E-state index contributed by atoms with van der Waals surface area (Å²) < 4.78 is 16.1. The van der Waals surface area contributed by atoms with E-state index in [1.807, 2.05) is 0 Å². The van der Waals surface area contributed by atoms with Crippen LogP contribution in [-0.2, 0) is 19.0 Å². The smallest absolute Gasteiger partial charge is 0.246 e. The zero-order valence-electron chi connectivity index (χ0n) is 10.7. The van der Waals surface area contributed by atoms with E-state index in [0.29, 0.717) is 13.2 Å². The van der Waals surface area contributed by atoms with Crippen LogP contribution in [0.3, 0.4) is 0 Å². The number of hydrogen-bond acceptors (Lipinski definition) is 5. The molecular weight excluding hydrogens is 236 g/mol. The Hall–Kier alpha value is -0.690. The topological polar surface area (TPSA) is 68.8 Å². The van der Waals surface area contributed by atoms with Crippen molar-refractivity contribution in [2.75, 3.05) is 46.1 Å². The number of hydrogen-bond donors (Lipinski definition) is 2. The van der Waals surface area contributed by atoms with Crippen molar-refractivity contribution in [1.29, 1.82) is 0 Å². The highest BCUT2D eigenvalue weighted by atomic mass is 16.5. The van der Waals surface area contributed by atoms with E-state index in [-0.39, 0.29) is 24.7 Å². The van der Waals surface area contributed by atoms with E-state index in [4.69, 9.17) is 14.2 Å². The molecule has 18 heavy (non-hydrogen) atoms. The van der Waals surface area contributed by atoms with Gasteiger partial charge in [-0.25, -0.2) is 0 Å². The summed E-state index contributed by atoms with van der Waals surface area (Å²) in [4.78, 5) is 11.6. The normalized spacial score (nSPS) is 25.9. The van der Waals surface area contributed by atoms with Gasteiger partial charge in [0.1, 0.15) is 6.61 Å². The van der Waals surface area contributed by atoms with Crippen LogP contribution in [0.1, 0.15) is 12.8 Å². The molecule has 2 fully saturated rings. The number of nitrogens with one attached hydrogen (secondary N) is 2. The van der Waals surface area contributed by atoms with Crippen LogP contribution in [0.4, 0.5) is 0 Å². The van der Waals surface area contributed by atoms with Crippen LogP contribution in [0.5, 0.6) is 0 Å². The highest BCUT2D eigenvalue weighted by Crippen LogP contribution is 2.05. The Morgan fingerprint density at radius 1 is 1.33 bits per heavy atom. The van der Waals surface area contributed by atoms with Crippen LogP contribution in [0.15, 0.2) is 0 Å². The maximum absolute atomic E-state index is 11.6. The first-order valence-corrected chi connectivity index (χ1v) is 6.62. The van der Waals surface area contributed by atoms with Gasteiger partial charge in [-0.1, -0.05) is 0 Å². The number of carbonyl (C=O) groups is 1. The van der Waals surface area contributed by atoms with Crippen molar-refractivity contribution in [1.82, 2.24) is 10.6 Å². The van der Waals surface area contributed by atoms with Gasteiger partial charge < -0.3 is 24.8 Å².